The van der Waals surface area contributed by atoms with Crippen LogP contribution in [-0.2, 0) is 17.1 Å². The SMILES string of the molecule is Cc1nn(C)c(C)c1NS(=O)(=O)c1cccc(C(=O)O)c1. The number of nitrogens with zero attached hydrogens (tertiary/aromatic N) is 2. The van der Waals surface area contributed by atoms with E-state index < -0.39 is 16.0 Å². The van der Waals surface area contributed by atoms with Crippen molar-refractivity contribution in [2.24, 2.45) is 7.05 Å². The van der Waals surface area contributed by atoms with Gasteiger partial charge in [0.25, 0.3) is 10.0 Å². The molecule has 2 N–H and O–H groups in total. The third-order valence-corrected chi connectivity index (χ3v) is 4.48. The standard InChI is InChI=1S/C13H15N3O4S/c1-8-12(9(2)16(3)14-8)15-21(19,20)11-6-4-5-10(7-11)13(17)18/h4-7,15H,1-3H3,(H,17,18). The molecular weight excluding hydrogens is 294 g/mol. The van der Waals surface area contributed by atoms with Gasteiger partial charge in [-0.2, -0.15) is 5.10 Å². The first kappa shape index (κ1) is 15.0. The highest BCUT2D eigenvalue weighted by atomic mass is 32.2. The number of rotatable bonds is 4. The van der Waals surface area contributed by atoms with Crippen LogP contribution in [0.25, 0.3) is 0 Å². The molecule has 0 unspecified atom stereocenters. The van der Waals surface area contributed by atoms with Crippen molar-refractivity contribution in [3.8, 4) is 0 Å². The maximum atomic E-state index is 12.3. The summed E-state index contributed by atoms with van der Waals surface area (Å²) >= 11 is 0. The summed E-state index contributed by atoms with van der Waals surface area (Å²) in [5.74, 6) is -1.18. The molecule has 7 nitrogen and oxygen atoms in total. The fraction of sp³-hybridized carbons (Fsp3) is 0.231. The van der Waals surface area contributed by atoms with Crippen molar-refractivity contribution < 1.29 is 18.3 Å². The lowest BCUT2D eigenvalue weighted by Crippen LogP contribution is -2.14. The van der Waals surface area contributed by atoms with Gasteiger partial charge in [0.05, 0.1) is 27.5 Å². The molecule has 1 heterocycles. The zero-order chi connectivity index (χ0) is 15.8. The Hall–Kier alpha value is -2.35. The van der Waals surface area contributed by atoms with Gasteiger partial charge in [-0.1, -0.05) is 6.07 Å². The van der Waals surface area contributed by atoms with Crippen LogP contribution in [0, 0.1) is 13.8 Å². The van der Waals surface area contributed by atoms with Crippen LogP contribution in [0.4, 0.5) is 5.69 Å². The minimum absolute atomic E-state index is 0.0856. The monoisotopic (exact) mass is 309 g/mol. The maximum absolute atomic E-state index is 12.3. The zero-order valence-electron chi connectivity index (χ0n) is 11.8. The molecule has 8 heteroatoms. The van der Waals surface area contributed by atoms with Crippen LogP contribution in [0.3, 0.4) is 0 Å². The number of sulfonamides is 1. The first-order valence-electron chi connectivity index (χ1n) is 6.09. The second kappa shape index (κ2) is 5.21. The van der Waals surface area contributed by atoms with Gasteiger partial charge in [-0.3, -0.25) is 9.40 Å². The van der Waals surface area contributed by atoms with Gasteiger partial charge in [0, 0.05) is 7.05 Å². The number of hydrogen-bond acceptors (Lipinski definition) is 4. The number of benzene rings is 1. The van der Waals surface area contributed by atoms with Crippen molar-refractivity contribution in [3.63, 3.8) is 0 Å². The molecule has 2 rings (SSSR count). The number of carboxylic acids is 1. The molecule has 2 aromatic rings. The summed E-state index contributed by atoms with van der Waals surface area (Å²) in [7, 11) is -2.15. The quantitative estimate of drug-likeness (QED) is 0.892. The van der Waals surface area contributed by atoms with E-state index in [0.29, 0.717) is 17.1 Å². The first-order valence-corrected chi connectivity index (χ1v) is 7.57. The predicted molar refractivity (Wildman–Crippen MR) is 76.9 cm³/mol. The van der Waals surface area contributed by atoms with Crippen molar-refractivity contribution >= 4 is 21.7 Å². The molecule has 0 bridgehead atoms. The second-order valence-corrected chi connectivity index (χ2v) is 6.29. The minimum atomic E-state index is -3.87. The van der Waals surface area contributed by atoms with Crippen LogP contribution in [-0.4, -0.2) is 29.3 Å². The summed E-state index contributed by atoms with van der Waals surface area (Å²) in [6, 6.07) is 5.18. The molecule has 0 atom stereocenters. The van der Waals surface area contributed by atoms with E-state index in [1.807, 2.05) is 0 Å². The zero-order valence-corrected chi connectivity index (χ0v) is 12.6. The first-order chi connectivity index (χ1) is 9.72. The molecule has 0 spiro atoms. The lowest BCUT2D eigenvalue weighted by molar-refractivity contribution is 0.0696. The Kier molecular flexibility index (Phi) is 3.73. The molecule has 1 aromatic heterocycles. The van der Waals surface area contributed by atoms with Gasteiger partial charge in [-0.15, -0.1) is 0 Å². The summed E-state index contributed by atoms with van der Waals surface area (Å²) in [4.78, 5) is 10.8. The fourth-order valence-electron chi connectivity index (χ4n) is 1.91. The molecule has 0 aliphatic carbocycles. The Morgan fingerprint density at radius 3 is 2.52 bits per heavy atom. The molecule has 0 radical (unpaired) electrons. The molecule has 112 valence electrons. The Balaban J connectivity index is 2.43. The van der Waals surface area contributed by atoms with Crippen LogP contribution in [0.2, 0.25) is 0 Å². The smallest absolute Gasteiger partial charge is 0.335 e. The normalized spacial score (nSPS) is 11.4. The van der Waals surface area contributed by atoms with E-state index in [9.17, 15) is 13.2 Å². The molecule has 0 amide bonds. The van der Waals surface area contributed by atoms with E-state index >= 15 is 0 Å². The average Bonchev–Trinajstić information content (AvgIpc) is 2.65. The minimum Gasteiger partial charge on any atom is -0.478 e. The van der Waals surface area contributed by atoms with Crippen LogP contribution < -0.4 is 4.72 Å². The molecule has 0 fully saturated rings. The molecule has 0 saturated heterocycles. The van der Waals surface area contributed by atoms with Gasteiger partial charge in [0.15, 0.2) is 0 Å². The predicted octanol–water partition coefficient (Wildman–Crippen LogP) is 1.54. The molecule has 0 aliphatic rings. The third kappa shape index (κ3) is 2.89. The number of carboxylic acid groups (broad SMARTS) is 1. The van der Waals surface area contributed by atoms with Gasteiger partial charge in [-0.25, -0.2) is 13.2 Å². The molecule has 0 saturated carbocycles. The molecular formula is C13H15N3O4S. The van der Waals surface area contributed by atoms with E-state index in [2.05, 4.69) is 9.82 Å². The van der Waals surface area contributed by atoms with Gasteiger partial charge in [-0.05, 0) is 32.0 Å². The highest BCUT2D eigenvalue weighted by molar-refractivity contribution is 7.92. The van der Waals surface area contributed by atoms with E-state index in [1.165, 1.54) is 18.2 Å². The Morgan fingerprint density at radius 1 is 1.33 bits per heavy atom. The number of aromatic nitrogens is 2. The average molecular weight is 309 g/mol. The number of aryl methyl sites for hydroxylation is 2. The van der Waals surface area contributed by atoms with E-state index in [1.54, 1.807) is 25.6 Å². The Bertz CT molecular complexity index is 809. The number of aromatic carboxylic acids is 1. The molecule has 0 aliphatic heterocycles. The number of hydrogen-bond donors (Lipinski definition) is 2. The third-order valence-electron chi connectivity index (χ3n) is 3.14. The van der Waals surface area contributed by atoms with Crippen molar-refractivity contribution in [2.45, 2.75) is 18.7 Å². The van der Waals surface area contributed by atoms with Crippen LogP contribution in [0.1, 0.15) is 21.7 Å². The van der Waals surface area contributed by atoms with E-state index in [4.69, 9.17) is 5.11 Å². The highest BCUT2D eigenvalue weighted by Gasteiger charge is 2.20. The van der Waals surface area contributed by atoms with Crippen LogP contribution in [0.5, 0.6) is 0 Å². The van der Waals surface area contributed by atoms with Crippen molar-refractivity contribution in [3.05, 3.63) is 41.2 Å². The van der Waals surface area contributed by atoms with Crippen LogP contribution in [0.15, 0.2) is 29.2 Å². The highest BCUT2D eigenvalue weighted by Crippen LogP contribution is 2.23. The van der Waals surface area contributed by atoms with Gasteiger partial charge in [0.1, 0.15) is 0 Å². The summed E-state index contributed by atoms with van der Waals surface area (Å²) in [5, 5.41) is 13.1. The summed E-state index contributed by atoms with van der Waals surface area (Å²) < 4.78 is 28.7. The maximum Gasteiger partial charge on any atom is 0.335 e. The fourth-order valence-corrected chi connectivity index (χ4v) is 3.13. The van der Waals surface area contributed by atoms with Gasteiger partial charge >= 0.3 is 5.97 Å². The number of carbonyl (C=O) groups is 1. The van der Waals surface area contributed by atoms with Crippen molar-refractivity contribution in [1.29, 1.82) is 0 Å². The van der Waals surface area contributed by atoms with Crippen molar-refractivity contribution in [2.75, 3.05) is 4.72 Å². The van der Waals surface area contributed by atoms with Gasteiger partial charge in [0.2, 0.25) is 0 Å². The van der Waals surface area contributed by atoms with E-state index in [0.717, 1.165) is 6.07 Å². The lowest BCUT2D eigenvalue weighted by Gasteiger charge is -2.09. The van der Waals surface area contributed by atoms with Gasteiger partial charge < -0.3 is 5.11 Å². The molecule has 1 aromatic carbocycles. The topological polar surface area (TPSA) is 101 Å². The van der Waals surface area contributed by atoms with Crippen LogP contribution >= 0.6 is 0 Å². The number of nitrogens with one attached hydrogen (secondary N) is 1. The number of anilines is 1. The summed E-state index contributed by atoms with van der Waals surface area (Å²) in [6.45, 7) is 3.43. The van der Waals surface area contributed by atoms with Crippen molar-refractivity contribution in [1.82, 2.24) is 9.78 Å². The summed E-state index contributed by atoms with van der Waals surface area (Å²) in [5.41, 5.74) is 1.54. The Morgan fingerprint density at radius 2 is 2.00 bits per heavy atom. The summed E-state index contributed by atoms with van der Waals surface area (Å²) in [6.07, 6.45) is 0. The largest absolute Gasteiger partial charge is 0.478 e. The lowest BCUT2D eigenvalue weighted by atomic mass is 10.2. The molecule has 21 heavy (non-hydrogen) atoms. The second-order valence-electron chi connectivity index (χ2n) is 4.61. The van der Waals surface area contributed by atoms with E-state index in [-0.39, 0.29) is 10.5 Å². The Labute approximate surface area is 122 Å².